The normalized spacial score (nSPS) is 10.2. The van der Waals surface area contributed by atoms with Crippen molar-refractivity contribution >= 4 is 11.5 Å². The third kappa shape index (κ3) is 2.92. The molecule has 0 amide bonds. The predicted octanol–water partition coefficient (Wildman–Crippen LogP) is 2.21. The Hall–Kier alpha value is -2.77. The van der Waals surface area contributed by atoms with Crippen LogP contribution in [-0.4, -0.2) is 14.9 Å². The molecule has 19 heavy (non-hydrogen) atoms. The Bertz CT molecular complexity index is 628. The third-order valence-electron chi connectivity index (χ3n) is 2.17. The average Bonchev–Trinajstić information content (AvgIpc) is 2.26. The van der Waals surface area contributed by atoms with Gasteiger partial charge in [-0.05, 0) is 13.0 Å². The molecule has 0 aliphatic carbocycles. The van der Waals surface area contributed by atoms with Gasteiger partial charge in [0.1, 0.15) is 17.5 Å². The summed E-state index contributed by atoms with van der Waals surface area (Å²) in [5.74, 6) is -0.392. The third-order valence-corrected chi connectivity index (χ3v) is 2.17. The molecule has 8 heteroatoms. The molecule has 0 saturated carbocycles. The van der Waals surface area contributed by atoms with E-state index >= 15 is 0 Å². The molecule has 7 nitrogen and oxygen atoms in total. The van der Waals surface area contributed by atoms with Crippen LogP contribution in [0.1, 0.15) is 5.82 Å². The first-order valence-corrected chi connectivity index (χ1v) is 5.18. The second kappa shape index (κ2) is 4.84. The fourth-order valence-electron chi connectivity index (χ4n) is 1.45. The van der Waals surface area contributed by atoms with Gasteiger partial charge in [-0.2, -0.15) is 4.98 Å². The first-order valence-electron chi connectivity index (χ1n) is 5.18. The van der Waals surface area contributed by atoms with Crippen LogP contribution in [0, 0.1) is 22.9 Å². The number of nitrogens with zero attached hydrogens (tertiary/aromatic N) is 3. The van der Waals surface area contributed by atoms with Crippen molar-refractivity contribution in [2.24, 2.45) is 0 Å². The highest BCUT2D eigenvalue weighted by Gasteiger charge is 2.17. The highest BCUT2D eigenvalue weighted by atomic mass is 19.1. The van der Waals surface area contributed by atoms with E-state index in [4.69, 9.17) is 10.5 Å². The standard InChI is InChI=1S/C11H9FN4O3/c1-6-14-10(13)5-11(15-6)19-9-4-7(12)2-3-8(9)16(17)18/h2-5H,1H3,(H2,13,14,15). The molecule has 2 aromatic rings. The topological polar surface area (TPSA) is 104 Å². The smallest absolute Gasteiger partial charge is 0.311 e. The number of hydrogen-bond acceptors (Lipinski definition) is 6. The minimum Gasteiger partial charge on any atom is -0.431 e. The summed E-state index contributed by atoms with van der Waals surface area (Å²) in [7, 11) is 0. The summed E-state index contributed by atoms with van der Waals surface area (Å²) in [5, 5.41) is 10.8. The summed E-state index contributed by atoms with van der Waals surface area (Å²) < 4.78 is 18.3. The average molecular weight is 264 g/mol. The summed E-state index contributed by atoms with van der Waals surface area (Å²) >= 11 is 0. The molecule has 2 N–H and O–H groups in total. The van der Waals surface area contributed by atoms with Gasteiger partial charge < -0.3 is 10.5 Å². The van der Waals surface area contributed by atoms with Crippen molar-refractivity contribution in [3.63, 3.8) is 0 Å². The maximum Gasteiger partial charge on any atom is 0.311 e. The van der Waals surface area contributed by atoms with Crippen LogP contribution < -0.4 is 10.5 Å². The molecule has 1 heterocycles. The Balaban J connectivity index is 2.42. The lowest BCUT2D eigenvalue weighted by atomic mass is 10.3. The van der Waals surface area contributed by atoms with E-state index in [1.165, 1.54) is 6.07 Å². The highest BCUT2D eigenvalue weighted by Crippen LogP contribution is 2.31. The lowest BCUT2D eigenvalue weighted by Crippen LogP contribution is -1.99. The van der Waals surface area contributed by atoms with Gasteiger partial charge in [0, 0.05) is 18.2 Å². The number of rotatable bonds is 3. The van der Waals surface area contributed by atoms with Crippen LogP contribution >= 0.6 is 0 Å². The van der Waals surface area contributed by atoms with E-state index in [1.54, 1.807) is 6.92 Å². The summed E-state index contributed by atoms with van der Waals surface area (Å²) in [6.45, 7) is 1.59. The van der Waals surface area contributed by atoms with Crippen molar-refractivity contribution in [1.29, 1.82) is 0 Å². The number of benzene rings is 1. The molecule has 0 atom stereocenters. The van der Waals surface area contributed by atoms with Crippen LogP contribution in [0.2, 0.25) is 0 Å². The van der Waals surface area contributed by atoms with Crippen molar-refractivity contribution in [2.45, 2.75) is 6.92 Å². The molecule has 0 spiro atoms. The van der Waals surface area contributed by atoms with Crippen LogP contribution in [-0.2, 0) is 0 Å². The molecule has 1 aromatic carbocycles. The van der Waals surface area contributed by atoms with Crippen molar-refractivity contribution in [2.75, 3.05) is 5.73 Å². The van der Waals surface area contributed by atoms with E-state index in [2.05, 4.69) is 9.97 Å². The largest absolute Gasteiger partial charge is 0.431 e. The van der Waals surface area contributed by atoms with Crippen molar-refractivity contribution in [3.05, 3.63) is 46.0 Å². The Kier molecular flexibility index (Phi) is 3.23. The molecule has 2 rings (SSSR count). The Labute approximate surface area is 107 Å². The van der Waals surface area contributed by atoms with Gasteiger partial charge in [-0.25, -0.2) is 9.37 Å². The van der Waals surface area contributed by atoms with Crippen LogP contribution in [0.15, 0.2) is 24.3 Å². The van der Waals surface area contributed by atoms with Crippen LogP contribution in [0.4, 0.5) is 15.9 Å². The van der Waals surface area contributed by atoms with E-state index in [0.29, 0.717) is 5.82 Å². The zero-order valence-corrected chi connectivity index (χ0v) is 9.83. The van der Waals surface area contributed by atoms with Crippen molar-refractivity contribution in [1.82, 2.24) is 9.97 Å². The fraction of sp³-hybridized carbons (Fsp3) is 0.0909. The molecule has 0 radical (unpaired) electrons. The van der Waals surface area contributed by atoms with E-state index < -0.39 is 10.7 Å². The second-order valence-electron chi connectivity index (χ2n) is 3.65. The van der Waals surface area contributed by atoms with Gasteiger partial charge in [0.05, 0.1) is 4.92 Å². The fourth-order valence-corrected chi connectivity index (χ4v) is 1.45. The van der Waals surface area contributed by atoms with Crippen molar-refractivity contribution in [3.8, 4) is 11.6 Å². The SMILES string of the molecule is Cc1nc(N)cc(Oc2cc(F)ccc2[N+](=O)[O-])n1. The summed E-state index contributed by atoms with van der Waals surface area (Å²) in [5.41, 5.74) is 5.14. The van der Waals surface area contributed by atoms with Crippen LogP contribution in [0.5, 0.6) is 11.6 Å². The van der Waals surface area contributed by atoms with Crippen molar-refractivity contribution < 1.29 is 14.1 Å². The molecule has 0 fully saturated rings. The summed E-state index contributed by atoms with van der Waals surface area (Å²) in [4.78, 5) is 17.9. The second-order valence-corrected chi connectivity index (χ2v) is 3.65. The first-order chi connectivity index (χ1) is 8.95. The number of nitro benzene ring substituents is 1. The molecule has 0 bridgehead atoms. The van der Waals surface area contributed by atoms with Gasteiger partial charge in [0.15, 0.2) is 0 Å². The first kappa shape index (κ1) is 12.7. The number of nitrogen functional groups attached to an aromatic ring is 1. The zero-order chi connectivity index (χ0) is 14.0. The predicted molar refractivity (Wildman–Crippen MR) is 64.3 cm³/mol. The van der Waals surface area contributed by atoms with Gasteiger partial charge in [-0.1, -0.05) is 0 Å². The number of halogens is 1. The number of nitro groups is 1. The summed E-state index contributed by atoms with van der Waals surface area (Å²) in [6.07, 6.45) is 0. The molecular formula is C11H9FN4O3. The van der Waals surface area contributed by atoms with Gasteiger partial charge in [0.25, 0.3) is 0 Å². The van der Waals surface area contributed by atoms with Gasteiger partial charge in [-0.3, -0.25) is 10.1 Å². The minimum atomic E-state index is -0.674. The Morgan fingerprint density at radius 3 is 2.74 bits per heavy atom. The molecule has 0 aliphatic rings. The van der Waals surface area contributed by atoms with E-state index in [1.807, 2.05) is 0 Å². The maximum absolute atomic E-state index is 13.1. The molecule has 1 aromatic heterocycles. The molecule has 0 unspecified atom stereocenters. The minimum absolute atomic E-state index is 0.0127. The number of aryl methyl sites for hydroxylation is 1. The number of ether oxygens (including phenoxy) is 1. The van der Waals surface area contributed by atoms with Gasteiger partial charge >= 0.3 is 5.69 Å². The van der Waals surface area contributed by atoms with Crippen LogP contribution in [0.25, 0.3) is 0 Å². The maximum atomic E-state index is 13.1. The lowest BCUT2D eigenvalue weighted by Gasteiger charge is -2.06. The Morgan fingerprint density at radius 1 is 1.37 bits per heavy atom. The quantitative estimate of drug-likeness (QED) is 0.673. The molecular weight excluding hydrogens is 255 g/mol. The number of anilines is 1. The molecule has 0 saturated heterocycles. The lowest BCUT2D eigenvalue weighted by molar-refractivity contribution is -0.385. The zero-order valence-electron chi connectivity index (χ0n) is 9.83. The molecule has 0 aliphatic heterocycles. The summed E-state index contributed by atoms with van der Waals surface area (Å²) in [6, 6.07) is 4.19. The van der Waals surface area contributed by atoms with E-state index in [-0.39, 0.29) is 23.1 Å². The number of aromatic nitrogens is 2. The molecule has 98 valence electrons. The monoisotopic (exact) mass is 264 g/mol. The van der Waals surface area contributed by atoms with E-state index in [0.717, 1.165) is 18.2 Å². The Morgan fingerprint density at radius 2 is 2.11 bits per heavy atom. The highest BCUT2D eigenvalue weighted by molar-refractivity contribution is 5.48. The number of nitrogens with two attached hydrogens (primary N) is 1. The van der Waals surface area contributed by atoms with Gasteiger partial charge in [-0.15, -0.1) is 0 Å². The number of hydrogen-bond donors (Lipinski definition) is 1. The van der Waals surface area contributed by atoms with E-state index in [9.17, 15) is 14.5 Å². The van der Waals surface area contributed by atoms with Crippen LogP contribution in [0.3, 0.4) is 0 Å². The van der Waals surface area contributed by atoms with Gasteiger partial charge in [0.2, 0.25) is 11.6 Å².